The van der Waals surface area contributed by atoms with Crippen LogP contribution < -0.4 is 33.6 Å². The number of carbonyl (C=O) groups excluding carboxylic acids is 4. The number of rotatable bonds is 15. The first kappa shape index (κ1) is 29.6. The summed E-state index contributed by atoms with van der Waals surface area (Å²) in [5.41, 5.74) is 22.6. The molecule has 1 aromatic carbocycles. The van der Waals surface area contributed by atoms with E-state index in [9.17, 15) is 19.2 Å². The Balaban J connectivity index is 2.04. The fourth-order valence-electron chi connectivity index (χ4n) is 4.30. The number of hydrogen-bond donors (Lipinski definition) is 6. The molecule has 0 aromatic heterocycles. The minimum atomic E-state index is -0.939. The van der Waals surface area contributed by atoms with Crippen molar-refractivity contribution < 1.29 is 19.2 Å². The Labute approximate surface area is 217 Å². The third kappa shape index (κ3) is 10.1. The number of carbonyl (C=O) groups is 4. The second-order valence-corrected chi connectivity index (χ2v) is 9.17. The van der Waals surface area contributed by atoms with Gasteiger partial charge in [0.1, 0.15) is 18.1 Å². The summed E-state index contributed by atoms with van der Waals surface area (Å²) in [7, 11) is 0. The molecule has 0 radical (unpaired) electrons. The lowest BCUT2D eigenvalue weighted by Gasteiger charge is -2.27. The van der Waals surface area contributed by atoms with E-state index in [1.165, 1.54) is 0 Å². The number of likely N-dealkylation sites (tertiary alicyclic amines) is 1. The van der Waals surface area contributed by atoms with Gasteiger partial charge in [0.15, 0.2) is 5.96 Å². The van der Waals surface area contributed by atoms with E-state index in [0.29, 0.717) is 51.6 Å². The van der Waals surface area contributed by atoms with Crippen LogP contribution in [0.15, 0.2) is 35.3 Å². The van der Waals surface area contributed by atoms with Crippen LogP contribution in [0.5, 0.6) is 0 Å². The third-order valence-electron chi connectivity index (χ3n) is 6.26. The van der Waals surface area contributed by atoms with Crippen molar-refractivity contribution in [1.29, 1.82) is 0 Å². The van der Waals surface area contributed by atoms with Gasteiger partial charge in [-0.3, -0.25) is 24.2 Å². The summed E-state index contributed by atoms with van der Waals surface area (Å²) in [4.78, 5) is 56.6. The summed E-state index contributed by atoms with van der Waals surface area (Å²) in [6.07, 6.45) is 3.68. The molecule has 3 atom stereocenters. The molecule has 204 valence electrons. The summed E-state index contributed by atoms with van der Waals surface area (Å²) < 4.78 is 0. The number of primary amides is 1. The molecule has 37 heavy (non-hydrogen) atoms. The maximum absolute atomic E-state index is 13.2. The van der Waals surface area contributed by atoms with Crippen LogP contribution in [0.2, 0.25) is 0 Å². The minimum absolute atomic E-state index is 0.0643. The van der Waals surface area contributed by atoms with Crippen LogP contribution in [0, 0.1) is 0 Å². The van der Waals surface area contributed by atoms with Gasteiger partial charge < -0.3 is 38.5 Å². The maximum atomic E-state index is 13.2. The van der Waals surface area contributed by atoms with Gasteiger partial charge in [0.2, 0.25) is 23.6 Å². The molecule has 0 aliphatic carbocycles. The Kier molecular flexibility index (Phi) is 12.3. The van der Waals surface area contributed by atoms with Crippen LogP contribution >= 0.6 is 0 Å². The summed E-state index contributed by atoms with van der Waals surface area (Å²) in [6.45, 7) is 1.21. The molecule has 0 saturated carbocycles. The van der Waals surface area contributed by atoms with Gasteiger partial charge in [-0.25, -0.2) is 0 Å². The summed E-state index contributed by atoms with van der Waals surface area (Å²) in [6, 6.07) is 6.84. The van der Waals surface area contributed by atoms with Crippen molar-refractivity contribution in [1.82, 2.24) is 15.5 Å². The molecule has 4 amide bonds. The van der Waals surface area contributed by atoms with Crippen molar-refractivity contribution in [2.45, 2.75) is 69.5 Å². The van der Waals surface area contributed by atoms with Gasteiger partial charge in [-0.1, -0.05) is 30.3 Å². The van der Waals surface area contributed by atoms with Gasteiger partial charge in [-0.05, 0) is 57.1 Å². The number of nitrogens with zero attached hydrogens (tertiary/aromatic N) is 2. The Hall–Kier alpha value is -3.67. The fraction of sp³-hybridized carbons (Fsp3) is 0.560. The number of aliphatic imine (C=N–C) groups is 1. The van der Waals surface area contributed by atoms with Gasteiger partial charge in [-0.15, -0.1) is 0 Å². The molecule has 1 saturated heterocycles. The lowest BCUT2D eigenvalue weighted by molar-refractivity contribution is -0.139. The van der Waals surface area contributed by atoms with Crippen molar-refractivity contribution in [2.75, 3.05) is 19.6 Å². The number of amides is 4. The van der Waals surface area contributed by atoms with Crippen LogP contribution in [0.3, 0.4) is 0 Å². The lowest BCUT2D eigenvalue weighted by Crippen LogP contribution is -2.56. The summed E-state index contributed by atoms with van der Waals surface area (Å²) in [5.74, 6) is -1.81. The first-order valence-corrected chi connectivity index (χ1v) is 12.7. The van der Waals surface area contributed by atoms with Crippen LogP contribution in [0.1, 0.15) is 50.5 Å². The third-order valence-corrected chi connectivity index (χ3v) is 6.26. The zero-order chi connectivity index (χ0) is 27.2. The Morgan fingerprint density at radius 1 is 0.973 bits per heavy atom. The zero-order valence-corrected chi connectivity index (χ0v) is 21.2. The van der Waals surface area contributed by atoms with E-state index in [0.717, 1.165) is 5.56 Å². The predicted molar refractivity (Wildman–Crippen MR) is 141 cm³/mol. The molecule has 0 spiro atoms. The highest BCUT2D eigenvalue weighted by atomic mass is 16.2. The molecular weight excluding hydrogens is 476 g/mol. The normalized spacial score (nSPS) is 16.5. The molecule has 1 aromatic rings. The number of unbranched alkanes of at least 4 members (excludes halogenated alkanes) is 1. The standard InChI is InChI=1S/C25H40N8O4/c26-13-5-4-10-19(23(36)31-18(22(27)35)11-6-14-30-25(28)29)32-24(37)20-12-7-15-33(20)21(34)16-17-8-2-1-3-9-17/h1-3,8-9,18-20H,4-7,10-16,26H2,(H2,27,35)(H,31,36)(H,32,37)(H4,28,29,30)/t18-,19-,20-/m0/s1. The number of nitrogens with two attached hydrogens (primary N) is 4. The molecule has 2 rings (SSSR count). The fourth-order valence-corrected chi connectivity index (χ4v) is 4.30. The molecule has 1 aliphatic heterocycles. The quantitative estimate of drug-likeness (QED) is 0.0956. The second-order valence-electron chi connectivity index (χ2n) is 9.17. The monoisotopic (exact) mass is 516 g/mol. The van der Waals surface area contributed by atoms with Crippen LogP contribution in [-0.4, -0.2) is 72.2 Å². The average molecular weight is 517 g/mol. The highest BCUT2D eigenvalue weighted by Gasteiger charge is 2.36. The average Bonchev–Trinajstić information content (AvgIpc) is 3.36. The number of benzene rings is 1. The Morgan fingerprint density at radius 3 is 2.32 bits per heavy atom. The summed E-state index contributed by atoms with van der Waals surface area (Å²) in [5, 5.41) is 5.44. The van der Waals surface area contributed by atoms with Crippen molar-refractivity contribution in [2.24, 2.45) is 27.9 Å². The summed E-state index contributed by atoms with van der Waals surface area (Å²) >= 11 is 0. The van der Waals surface area contributed by atoms with E-state index in [1.807, 2.05) is 30.3 Å². The number of nitrogens with one attached hydrogen (secondary N) is 2. The van der Waals surface area contributed by atoms with E-state index in [2.05, 4.69) is 15.6 Å². The maximum Gasteiger partial charge on any atom is 0.243 e. The molecule has 12 heteroatoms. The first-order chi connectivity index (χ1) is 17.7. The molecule has 0 bridgehead atoms. The Bertz CT molecular complexity index is 936. The first-order valence-electron chi connectivity index (χ1n) is 12.7. The molecule has 1 aliphatic rings. The van der Waals surface area contributed by atoms with Crippen molar-refractivity contribution in [3.8, 4) is 0 Å². The largest absolute Gasteiger partial charge is 0.370 e. The second kappa shape index (κ2) is 15.4. The van der Waals surface area contributed by atoms with E-state index < -0.39 is 35.8 Å². The highest BCUT2D eigenvalue weighted by Crippen LogP contribution is 2.19. The SMILES string of the molecule is NCCCC[C@H](NC(=O)[C@@H]1CCCN1C(=O)Cc1ccccc1)C(=O)N[C@@H](CCCN=C(N)N)C(N)=O. The van der Waals surface area contributed by atoms with Crippen LogP contribution in [0.4, 0.5) is 0 Å². The van der Waals surface area contributed by atoms with Gasteiger partial charge in [0.05, 0.1) is 6.42 Å². The molecule has 0 unspecified atom stereocenters. The molecule has 1 heterocycles. The van der Waals surface area contributed by atoms with Crippen molar-refractivity contribution >= 4 is 29.6 Å². The van der Waals surface area contributed by atoms with E-state index in [1.54, 1.807) is 4.90 Å². The van der Waals surface area contributed by atoms with Gasteiger partial charge >= 0.3 is 0 Å². The topological polar surface area (TPSA) is 212 Å². The molecular formula is C25H40N8O4. The molecule has 10 N–H and O–H groups in total. The minimum Gasteiger partial charge on any atom is -0.370 e. The molecule has 1 fully saturated rings. The highest BCUT2D eigenvalue weighted by molar-refractivity contribution is 5.94. The van der Waals surface area contributed by atoms with Gasteiger partial charge in [-0.2, -0.15) is 0 Å². The van der Waals surface area contributed by atoms with E-state index >= 15 is 0 Å². The Morgan fingerprint density at radius 2 is 1.68 bits per heavy atom. The van der Waals surface area contributed by atoms with Gasteiger partial charge in [0, 0.05) is 13.1 Å². The van der Waals surface area contributed by atoms with Crippen LogP contribution in [-0.2, 0) is 25.6 Å². The van der Waals surface area contributed by atoms with E-state index in [-0.39, 0.29) is 31.3 Å². The van der Waals surface area contributed by atoms with Crippen LogP contribution in [0.25, 0.3) is 0 Å². The lowest BCUT2D eigenvalue weighted by atomic mass is 10.1. The zero-order valence-electron chi connectivity index (χ0n) is 21.2. The van der Waals surface area contributed by atoms with Crippen molar-refractivity contribution in [3.63, 3.8) is 0 Å². The molecule has 12 nitrogen and oxygen atoms in total. The smallest absolute Gasteiger partial charge is 0.243 e. The predicted octanol–water partition coefficient (Wildman–Crippen LogP) is -1.14. The van der Waals surface area contributed by atoms with E-state index in [4.69, 9.17) is 22.9 Å². The number of hydrogen-bond acceptors (Lipinski definition) is 6. The number of guanidine groups is 1. The van der Waals surface area contributed by atoms with Crippen molar-refractivity contribution in [3.05, 3.63) is 35.9 Å². The van der Waals surface area contributed by atoms with Gasteiger partial charge in [0.25, 0.3) is 0 Å².